The number of carbonyl (C=O) groups excluding carboxylic acids is 3. The molecule has 0 aliphatic carbocycles. The van der Waals surface area contributed by atoms with Crippen LogP contribution in [0.15, 0.2) is 12.7 Å². The van der Waals surface area contributed by atoms with E-state index >= 15 is 0 Å². The van der Waals surface area contributed by atoms with Gasteiger partial charge in [-0.3, -0.25) is 32.5 Å². The molecule has 26 nitrogen and oxygen atoms in total. The molecule has 3 rings (SSSR count). The van der Waals surface area contributed by atoms with Crippen LogP contribution in [-0.2, 0) is 50.7 Å². The van der Waals surface area contributed by atoms with Gasteiger partial charge in [-0.1, -0.05) is 47.2 Å². The maximum Gasteiger partial charge on any atom is 0.481 e. The average molecular weight is 947 g/mol. The normalized spacial score (nSPS) is 21.9. The third kappa shape index (κ3) is 15.9. The number of rotatable bonds is 25. The fraction of sp³-hybridized carbons (Fsp3) is 0.692. The lowest BCUT2D eigenvalue weighted by Crippen LogP contribution is -2.46. The van der Waals surface area contributed by atoms with Crippen molar-refractivity contribution in [1.29, 1.82) is 0 Å². The molecule has 2 aromatic rings. The van der Waals surface area contributed by atoms with Gasteiger partial charge in [-0.2, -0.15) is 4.31 Å². The quantitative estimate of drug-likeness (QED) is 0.0302. The summed E-state index contributed by atoms with van der Waals surface area (Å²) in [6.07, 6.45) is -7.02. The summed E-state index contributed by atoms with van der Waals surface area (Å²) in [5.41, 5.74) is 10.0. The molecule has 1 aliphatic rings. The number of hydrogen-bond donors (Lipinski definition) is 11. The third-order valence-corrected chi connectivity index (χ3v) is 14.1. The number of nitrogens with one attached hydrogen (secondary N) is 2. The molecule has 0 radical (unpaired) electrons. The number of anilines is 1. The van der Waals surface area contributed by atoms with E-state index in [-0.39, 0.29) is 54.0 Å². The van der Waals surface area contributed by atoms with Crippen LogP contribution in [0.1, 0.15) is 26.5 Å². The maximum absolute atomic E-state index is 12.7. The molecule has 330 valence electrons. The number of thioether (sulfide) groups is 1. The number of ether oxygens (including phenoxy) is 1. The molecule has 2 aromatic heterocycles. The average Bonchev–Trinajstić information content (AvgIpc) is 3.69. The van der Waals surface area contributed by atoms with E-state index in [1.54, 1.807) is 0 Å². The van der Waals surface area contributed by atoms with Gasteiger partial charge in [-0.05, 0) is 0 Å². The predicted octanol–water partition coefficient (Wildman–Crippen LogP) is -1.63. The molecule has 0 aromatic carbocycles. The summed E-state index contributed by atoms with van der Waals surface area (Å²) in [7, 11) is -13.7. The summed E-state index contributed by atoms with van der Waals surface area (Å²) < 4.78 is 62.1. The van der Waals surface area contributed by atoms with Crippen molar-refractivity contribution in [3.63, 3.8) is 0 Å². The first kappa shape index (κ1) is 50.5. The molecule has 0 spiro atoms. The number of imidazole rings is 1. The monoisotopic (exact) mass is 946 g/mol. The van der Waals surface area contributed by atoms with Crippen molar-refractivity contribution in [1.82, 2.24) is 30.2 Å². The van der Waals surface area contributed by atoms with Gasteiger partial charge in [0.2, 0.25) is 16.9 Å². The van der Waals surface area contributed by atoms with Crippen molar-refractivity contribution in [3.05, 3.63) is 12.7 Å². The fourth-order valence-corrected chi connectivity index (χ4v) is 10.2. The molecule has 0 saturated carbocycles. The Morgan fingerprint density at radius 2 is 1.72 bits per heavy atom. The van der Waals surface area contributed by atoms with Gasteiger partial charge in [-0.25, -0.2) is 28.6 Å². The Morgan fingerprint density at radius 3 is 2.40 bits per heavy atom. The van der Waals surface area contributed by atoms with Crippen molar-refractivity contribution in [3.8, 4) is 0 Å². The van der Waals surface area contributed by atoms with Crippen molar-refractivity contribution < 1.29 is 85.6 Å². The molecular formula is C26H45N8O18P3S3. The number of phosphoric ester groups is 3. The van der Waals surface area contributed by atoms with Gasteiger partial charge < -0.3 is 61.7 Å². The lowest BCUT2D eigenvalue weighted by atomic mass is 9.87. The number of aromatic nitrogens is 4. The second-order valence-electron chi connectivity index (χ2n) is 12.7. The molecule has 58 heavy (non-hydrogen) atoms. The number of hydrogen-bond acceptors (Lipinski definition) is 22. The summed E-state index contributed by atoms with van der Waals surface area (Å²) in [5.74, 6) is -0.410. The summed E-state index contributed by atoms with van der Waals surface area (Å²) >= 11 is 0.945. The van der Waals surface area contributed by atoms with E-state index in [0.717, 1.165) is 29.0 Å². The number of nitrogens with two attached hydrogens (primary N) is 2. The number of nitrogens with zero attached hydrogens (tertiary/aromatic N) is 4. The van der Waals surface area contributed by atoms with E-state index in [1.807, 2.05) is 0 Å². The maximum atomic E-state index is 12.7. The minimum Gasteiger partial charge on any atom is -0.395 e. The highest BCUT2D eigenvalue weighted by molar-refractivity contribution is 8.76. The van der Waals surface area contributed by atoms with Crippen LogP contribution >= 0.6 is 56.8 Å². The summed E-state index contributed by atoms with van der Waals surface area (Å²) in [6, 6.07) is -0.714. The smallest absolute Gasteiger partial charge is 0.395 e. The highest BCUT2D eigenvalue weighted by Crippen LogP contribution is 2.61. The Bertz CT molecular complexity index is 1860. The second-order valence-corrected chi connectivity index (χ2v) is 20.6. The lowest BCUT2D eigenvalue weighted by molar-refractivity contribution is -0.137. The van der Waals surface area contributed by atoms with Crippen molar-refractivity contribution in [2.24, 2.45) is 11.1 Å². The minimum atomic E-state index is -5.58. The van der Waals surface area contributed by atoms with E-state index in [4.69, 9.17) is 30.4 Å². The first-order valence-electron chi connectivity index (χ1n) is 16.6. The first-order chi connectivity index (χ1) is 27.0. The number of aliphatic hydroxyl groups is 3. The zero-order chi connectivity index (χ0) is 43.5. The van der Waals surface area contributed by atoms with E-state index in [9.17, 15) is 57.9 Å². The number of carbonyl (C=O) groups is 3. The van der Waals surface area contributed by atoms with Gasteiger partial charge in [0, 0.05) is 42.2 Å². The number of fused-ring (bicyclic) bond motifs is 1. The number of phosphoric acid groups is 3. The van der Waals surface area contributed by atoms with E-state index in [1.165, 1.54) is 35.4 Å². The highest BCUT2D eigenvalue weighted by Gasteiger charge is 2.50. The molecule has 32 heteroatoms. The largest absolute Gasteiger partial charge is 0.481 e. The zero-order valence-corrected chi connectivity index (χ0v) is 35.7. The van der Waals surface area contributed by atoms with Gasteiger partial charge in [0.05, 0.1) is 32.2 Å². The molecule has 2 amide bonds. The molecule has 8 unspecified atom stereocenters. The lowest BCUT2D eigenvalue weighted by Gasteiger charge is -2.30. The molecule has 1 fully saturated rings. The van der Waals surface area contributed by atoms with E-state index in [2.05, 4.69) is 34.4 Å². The van der Waals surface area contributed by atoms with Crippen LogP contribution < -0.4 is 22.1 Å². The van der Waals surface area contributed by atoms with Crippen LogP contribution in [0.3, 0.4) is 0 Å². The van der Waals surface area contributed by atoms with Crippen molar-refractivity contribution >= 4 is 90.7 Å². The molecule has 1 saturated heterocycles. The highest BCUT2D eigenvalue weighted by atomic mass is 33.1. The van der Waals surface area contributed by atoms with Gasteiger partial charge >= 0.3 is 23.5 Å². The van der Waals surface area contributed by atoms with Crippen molar-refractivity contribution in [2.75, 3.05) is 55.9 Å². The Hall–Kier alpha value is -1.82. The Kier molecular flexibility index (Phi) is 19.5. The van der Waals surface area contributed by atoms with Crippen LogP contribution in [0.2, 0.25) is 0 Å². The fourth-order valence-electron chi connectivity index (χ4n) is 4.67. The molecule has 1 aliphatic heterocycles. The van der Waals surface area contributed by atoms with Crippen LogP contribution in [0.5, 0.6) is 0 Å². The van der Waals surface area contributed by atoms with Gasteiger partial charge in [0.25, 0.3) is 0 Å². The van der Waals surface area contributed by atoms with Crippen LogP contribution in [0.25, 0.3) is 11.2 Å². The summed E-state index contributed by atoms with van der Waals surface area (Å²) in [4.78, 5) is 87.7. The van der Waals surface area contributed by atoms with Gasteiger partial charge in [0.15, 0.2) is 17.7 Å². The standard InChI is InChI=1S/C26H45N8O18P3S3/c1-26(2,20(38)23(39)30-4-3-16(36)29-5-7-56-25(40)14(27)10-58-57-8-6-35)11-49-55(46,47)52-54(44,45)48-9-15-19(51-53(41,42)43)18(37)24(50-15)34-13-33-17-21(28)31-12-32-22(17)34/h12-15,18-20,24,35,37-38H,3-11,27H2,1-2H3,(H,29,36)(H,30,39)(H,44,45)(H,46,47)(H2,28,31,32)(H2,41,42,43). The zero-order valence-electron chi connectivity index (χ0n) is 30.6. The molecule has 13 N–H and O–H groups in total. The molecule has 8 atom stereocenters. The first-order valence-corrected chi connectivity index (χ1v) is 24.6. The Morgan fingerprint density at radius 1 is 1.03 bits per heavy atom. The third-order valence-electron chi connectivity index (χ3n) is 7.55. The predicted molar refractivity (Wildman–Crippen MR) is 207 cm³/mol. The van der Waals surface area contributed by atoms with E-state index in [0.29, 0.717) is 11.5 Å². The second kappa shape index (κ2) is 22.3. The minimum absolute atomic E-state index is 0.0131. The number of nitrogen functional groups attached to an aromatic ring is 1. The topological polar surface area (TPSA) is 410 Å². The van der Waals surface area contributed by atoms with Gasteiger partial charge in [0.1, 0.15) is 36.3 Å². The van der Waals surface area contributed by atoms with Crippen molar-refractivity contribution in [2.45, 2.75) is 57.0 Å². The van der Waals surface area contributed by atoms with Crippen LogP contribution in [-0.4, -0.2) is 152 Å². The molecule has 0 bridgehead atoms. The van der Waals surface area contributed by atoms with Gasteiger partial charge in [-0.15, -0.1) is 0 Å². The molecule has 3 heterocycles. The number of amides is 2. The Labute approximate surface area is 342 Å². The molecular weight excluding hydrogens is 901 g/mol. The van der Waals surface area contributed by atoms with Crippen LogP contribution in [0, 0.1) is 5.41 Å². The van der Waals surface area contributed by atoms with E-state index < -0.39 is 90.6 Å². The summed E-state index contributed by atoms with van der Waals surface area (Å²) in [6.45, 7) is 0.346. The number of aliphatic hydroxyl groups excluding tert-OH is 3. The SMILES string of the molecule is CC(C)(COP(=O)(O)OP(=O)(O)OCC1OC(n2cnc3c(N)ncnc32)C(O)C1OP(=O)(O)O)C(O)C(=O)NCCC(=O)NCCSC(=O)C(N)CSSCCO. The summed E-state index contributed by atoms with van der Waals surface area (Å²) in [5, 5.41) is 34.8. The van der Waals surface area contributed by atoms with Crippen LogP contribution in [0.4, 0.5) is 5.82 Å². The Balaban J connectivity index is 1.45.